The van der Waals surface area contributed by atoms with E-state index >= 15 is 0 Å². The molecular weight excluding hydrogens is 208 g/mol. The van der Waals surface area contributed by atoms with Crippen LogP contribution in [-0.4, -0.2) is 41.9 Å². The van der Waals surface area contributed by atoms with Gasteiger partial charge in [-0.1, -0.05) is 6.08 Å². The number of allylic oxidation sites excluding steroid dienone is 1. The van der Waals surface area contributed by atoms with Gasteiger partial charge in [0.2, 0.25) is 0 Å². The highest BCUT2D eigenvalue weighted by molar-refractivity contribution is 5.03. The number of hydrogen-bond donors (Lipinski definition) is 2. The van der Waals surface area contributed by atoms with Gasteiger partial charge in [-0.3, -0.25) is 0 Å². The maximum atomic E-state index is 9.98. The van der Waals surface area contributed by atoms with Gasteiger partial charge >= 0.3 is 0 Å². The van der Waals surface area contributed by atoms with Crippen LogP contribution in [0, 0.1) is 17.8 Å². The Morgan fingerprint density at radius 3 is 2.88 bits per heavy atom. The van der Waals surface area contributed by atoms with E-state index < -0.39 is 6.10 Å². The standard InChI is InChI=1S/C12H20O4/c1-3-7-5-9-11(14)8(6-13)10(7)12(16-9)15-4-2/h3,7-14H,1,4-6H2,2H3/t7-,8-,9+,10-,11-,12-/m0/s1. The molecule has 0 radical (unpaired) electrons. The third-order valence-corrected chi connectivity index (χ3v) is 3.78. The molecule has 2 saturated heterocycles. The van der Waals surface area contributed by atoms with Crippen LogP contribution in [-0.2, 0) is 9.47 Å². The maximum Gasteiger partial charge on any atom is 0.161 e. The lowest BCUT2D eigenvalue weighted by molar-refractivity contribution is -0.307. The fraction of sp³-hybridized carbons (Fsp3) is 0.833. The van der Waals surface area contributed by atoms with Gasteiger partial charge in [0, 0.05) is 25.0 Å². The summed E-state index contributed by atoms with van der Waals surface area (Å²) in [5, 5.41) is 19.4. The molecule has 0 spiro atoms. The van der Waals surface area contributed by atoms with Crippen LogP contribution in [0.4, 0.5) is 0 Å². The number of aliphatic hydroxyl groups is 2. The Morgan fingerprint density at radius 2 is 2.31 bits per heavy atom. The first-order chi connectivity index (χ1) is 7.72. The first kappa shape index (κ1) is 12.0. The highest BCUT2D eigenvalue weighted by atomic mass is 16.7. The Labute approximate surface area is 95.9 Å². The molecule has 2 N–H and O–H groups in total. The molecule has 4 nitrogen and oxygen atoms in total. The number of fused-ring (bicyclic) bond motifs is 3. The van der Waals surface area contributed by atoms with Crippen molar-refractivity contribution in [3.63, 3.8) is 0 Å². The second kappa shape index (κ2) is 4.84. The normalized spacial score (nSPS) is 46.9. The summed E-state index contributed by atoms with van der Waals surface area (Å²) >= 11 is 0. The minimum absolute atomic E-state index is 0.0162. The van der Waals surface area contributed by atoms with E-state index in [-0.39, 0.29) is 36.8 Å². The number of ether oxygens (including phenoxy) is 2. The summed E-state index contributed by atoms with van der Waals surface area (Å²) in [6.45, 7) is 6.28. The minimum Gasteiger partial charge on any atom is -0.396 e. The zero-order chi connectivity index (χ0) is 11.7. The van der Waals surface area contributed by atoms with Crippen molar-refractivity contribution in [2.75, 3.05) is 13.2 Å². The topological polar surface area (TPSA) is 58.9 Å². The van der Waals surface area contributed by atoms with Crippen molar-refractivity contribution in [3.8, 4) is 0 Å². The molecule has 6 atom stereocenters. The van der Waals surface area contributed by atoms with Crippen molar-refractivity contribution in [1.29, 1.82) is 0 Å². The highest BCUT2D eigenvalue weighted by Crippen LogP contribution is 2.45. The Balaban J connectivity index is 2.20. The molecule has 2 heterocycles. The van der Waals surface area contributed by atoms with E-state index in [9.17, 15) is 10.2 Å². The predicted octanol–water partition coefficient (Wildman–Crippen LogP) is 0.539. The first-order valence-electron chi connectivity index (χ1n) is 5.91. The minimum atomic E-state index is -0.581. The van der Waals surface area contributed by atoms with Gasteiger partial charge in [0.05, 0.1) is 12.2 Å². The summed E-state index contributed by atoms with van der Waals surface area (Å²) in [7, 11) is 0. The maximum absolute atomic E-state index is 9.98. The summed E-state index contributed by atoms with van der Waals surface area (Å²) < 4.78 is 11.2. The number of aliphatic hydroxyl groups excluding tert-OH is 2. The SMILES string of the molecule is C=C[C@H]1C[C@H]2O[C@H](OCC)[C@@H]1[C@H](CO)[C@@H]2O. The molecule has 16 heavy (non-hydrogen) atoms. The van der Waals surface area contributed by atoms with E-state index in [1.807, 2.05) is 13.0 Å². The second-order valence-electron chi connectivity index (χ2n) is 4.55. The zero-order valence-electron chi connectivity index (χ0n) is 9.58. The first-order valence-corrected chi connectivity index (χ1v) is 5.91. The molecule has 2 bridgehead atoms. The molecule has 92 valence electrons. The van der Waals surface area contributed by atoms with Crippen LogP contribution in [0.5, 0.6) is 0 Å². The van der Waals surface area contributed by atoms with E-state index in [0.717, 1.165) is 6.42 Å². The van der Waals surface area contributed by atoms with Crippen LogP contribution in [0.25, 0.3) is 0 Å². The Kier molecular flexibility index (Phi) is 3.64. The van der Waals surface area contributed by atoms with Crippen LogP contribution in [0.15, 0.2) is 12.7 Å². The van der Waals surface area contributed by atoms with E-state index in [0.29, 0.717) is 6.61 Å². The quantitative estimate of drug-likeness (QED) is 0.689. The molecule has 1 aliphatic carbocycles. The molecule has 2 aliphatic heterocycles. The summed E-state index contributed by atoms with van der Waals surface area (Å²) in [6.07, 6.45) is 1.53. The van der Waals surface area contributed by atoms with Crippen LogP contribution < -0.4 is 0 Å². The molecule has 0 aromatic rings. The number of rotatable bonds is 4. The summed E-state index contributed by atoms with van der Waals surface area (Å²) in [5.41, 5.74) is 0. The van der Waals surface area contributed by atoms with Gasteiger partial charge in [-0.05, 0) is 19.3 Å². The van der Waals surface area contributed by atoms with Crippen LogP contribution in [0.2, 0.25) is 0 Å². The van der Waals surface area contributed by atoms with Crippen molar-refractivity contribution >= 4 is 0 Å². The number of hydrogen-bond acceptors (Lipinski definition) is 4. The molecule has 0 amide bonds. The van der Waals surface area contributed by atoms with Gasteiger partial charge in [-0.2, -0.15) is 0 Å². The Morgan fingerprint density at radius 1 is 1.56 bits per heavy atom. The fourth-order valence-electron chi connectivity index (χ4n) is 2.99. The average Bonchev–Trinajstić information content (AvgIpc) is 2.30. The fourth-order valence-corrected chi connectivity index (χ4v) is 2.99. The average molecular weight is 228 g/mol. The van der Waals surface area contributed by atoms with Crippen molar-refractivity contribution in [1.82, 2.24) is 0 Å². The molecule has 3 rings (SSSR count). The monoisotopic (exact) mass is 228 g/mol. The van der Waals surface area contributed by atoms with Gasteiger partial charge in [0.1, 0.15) is 0 Å². The van der Waals surface area contributed by atoms with Crippen molar-refractivity contribution in [3.05, 3.63) is 12.7 Å². The molecular formula is C12H20O4. The van der Waals surface area contributed by atoms with Gasteiger partial charge < -0.3 is 19.7 Å². The van der Waals surface area contributed by atoms with Crippen LogP contribution in [0.3, 0.4) is 0 Å². The van der Waals surface area contributed by atoms with Crippen molar-refractivity contribution in [2.24, 2.45) is 17.8 Å². The molecule has 0 unspecified atom stereocenters. The highest BCUT2D eigenvalue weighted by Gasteiger charge is 2.53. The zero-order valence-corrected chi connectivity index (χ0v) is 9.58. The smallest absolute Gasteiger partial charge is 0.161 e. The van der Waals surface area contributed by atoms with Gasteiger partial charge in [-0.25, -0.2) is 0 Å². The van der Waals surface area contributed by atoms with Crippen LogP contribution in [0.1, 0.15) is 13.3 Å². The van der Waals surface area contributed by atoms with E-state index in [2.05, 4.69) is 6.58 Å². The molecule has 3 aliphatic rings. The lowest BCUT2D eigenvalue weighted by Gasteiger charge is -2.52. The predicted molar refractivity (Wildman–Crippen MR) is 58.7 cm³/mol. The van der Waals surface area contributed by atoms with E-state index in [1.165, 1.54) is 0 Å². The third-order valence-electron chi connectivity index (χ3n) is 3.78. The molecule has 1 saturated carbocycles. The van der Waals surface area contributed by atoms with Gasteiger partial charge in [-0.15, -0.1) is 6.58 Å². The largest absolute Gasteiger partial charge is 0.396 e. The second-order valence-corrected chi connectivity index (χ2v) is 4.55. The molecule has 0 aromatic carbocycles. The molecule has 0 aromatic heterocycles. The summed E-state index contributed by atoms with van der Waals surface area (Å²) in [5.74, 6) is 0.116. The molecule has 3 fully saturated rings. The van der Waals surface area contributed by atoms with Gasteiger partial charge in [0.15, 0.2) is 6.29 Å². The molecule has 4 heteroatoms. The lowest BCUT2D eigenvalue weighted by atomic mass is 9.67. The third kappa shape index (κ3) is 1.80. The summed E-state index contributed by atoms with van der Waals surface area (Å²) in [6, 6.07) is 0. The van der Waals surface area contributed by atoms with Crippen molar-refractivity contribution in [2.45, 2.75) is 31.8 Å². The van der Waals surface area contributed by atoms with Crippen LogP contribution >= 0.6 is 0 Å². The Bertz CT molecular complexity index is 255. The summed E-state index contributed by atoms with van der Waals surface area (Å²) in [4.78, 5) is 0. The van der Waals surface area contributed by atoms with Crippen molar-refractivity contribution < 1.29 is 19.7 Å². The lowest BCUT2D eigenvalue weighted by Crippen LogP contribution is -2.60. The van der Waals surface area contributed by atoms with E-state index in [1.54, 1.807) is 0 Å². The van der Waals surface area contributed by atoms with Gasteiger partial charge in [0.25, 0.3) is 0 Å². The van der Waals surface area contributed by atoms with E-state index in [4.69, 9.17) is 9.47 Å². The Hall–Kier alpha value is -0.420.